The molecular formula is C14H25N3OS. The largest absolute Gasteiger partial charge is 0.467 e. The molecule has 0 aromatic carbocycles. The summed E-state index contributed by atoms with van der Waals surface area (Å²) in [5.74, 6) is 1.73. The highest BCUT2D eigenvalue weighted by Gasteiger charge is 2.06. The number of thioether (sulfide) groups is 1. The Hall–Kier alpha value is -0.940. The van der Waals surface area contributed by atoms with E-state index in [1.54, 1.807) is 6.26 Å². The molecule has 4 nitrogen and oxygen atoms in total. The van der Waals surface area contributed by atoms with Gasteiger partial charge in [-0.2, -0.15) is 0 Å². The van der Waals surface area contributed by atoms with Gasteiger partial charge >= 0.3 is 0 Å². The summed E-state index contributed by atoms with van der Waals surface area (Å²) >= 11 is 1.48. The zero-order chi connectivity index (χ0) is 13.9. The summed E-state index contributed by atoms with van der Waals surface area (Å²) in [6.45, 7) is 2.83. The number of aryl methyl sites for hydroxylation is 1. The molecule has 0 fully saturated rings. The van der Waals surface area contributed by atoms with Crippen molar-refractivity contribution in [2.24, 2.45) is 16.5 Å². The molecule has 0 amide bonds. The van der Waals surface area contributed by atoms with Gasteiger partial charge in [-0.3, -0.25) is 0 Å². The van der Waals surface area contributed by atoms with E-state index >= 15 is 0 Å². The average Bonchev–Trinajstić information content (AvgIpc) is 2.83. The lowest BCUT2D eigenvalue weighted by atomic mass is 10.1. The van der Waals surface area contributed by atoms with Crippen LogP contribution in [0.1, 0.15) is 44.8 Å². The summed E-state index contributed by atoms with van der Waals surface area (Å²) in [4.78, 5) is 4.38. The van der Waals surface area contributed by atoms with Gasteiger partial charge in [0.2, 0.25) is 0 Å². The number of hydrogen-bond donors (Lipinski definition) is 2. The molecule has 4 N–H and O–H groups in total. The standard InChI is InChI=1S/C14H25N3OS/c1-2-3-4-5-6-7-13-12(8-10-18-13)17-14(16)19-11-9-15/h8,10H,2-7,9,11,15H2,1H3,(H2,16,17). The van der Waals surface area contributed by atoms with Crippen LogP contribution >= 0.6 is 11.8 Å². The number of furan rings is 1. The third-order valence-corrected chi connectivity index (χ3v) is 3.65. The second kappa shape index (κ2) is 9.92. The highest BCUT2D eigenvalue weighted by atomic mass is 32.2. The Balaban J connectivity index is 2.41. The van der Waals surface area contributed by atoms with Gasteiger partial charge in [-0.15, -0.1) is 0 Å². The summed E-state index contributed by atoms with van der Waals surface area (Å²) in [6.07, 6.45) is 8.88. The van der Waals surface area contributed by atoms with E-state index in [9.17, 15) is 0 Å². The predicted octanol–water partition coefficient (Wildman–Crippen LogP) is 3.43. The molecule has 0 saturated heterocycles. The molecule has 1 aromatic heterocycles. The van der Waals surface area contributed by atoms with Crippen LogP contribution in [0.5, 0.6) is 0 Å². The Morgan fingerprint density at radius 3 is 2.84 bits per heavy atom. The third-order valence-electron chi connectivity index (χ3n) is 2.83. The zero-order valence-electron chi connectivity index (χ0n) is 11.7. The Kier molecular flexibility index (Phi) is 8.41. The molecule has 108 valence electrons. The first-order valence-corrected chi connectivity index (χ1v) is 8.00. The monoisotopic (exact) mass is 283 g/mol. The topological polar surface area (TPSA) is 77.5 Å². The molecule has 0 bridgehead atoms. The number of rotatable bonds is 9. The van der Waals surface area contributed by atoms with Gasteiger partial charge in [-0.05, 0) is 6.42 Å². The Morgan fingerprint density at radius 1 is 1.32 bits per heavy atom. The van der Waals surface area contributed by atoms with Crippen molar-refractivity contribution >= 4 is 22.6 Å². The minimum absolute atomic E-state index is 0.555. The van der Waals surface area contributed by atoms with Crippen LogP contribution < -0.4 is 11.5 Å². The van der Waals surface area contributed by atoms with Crippen LogP contribution in [-0.4, -0.2) is 17.5 Å². The molecule has 0 atom stereocenters. The maximum Gasteiger partial charge on any atom is 0.159 e. The lowest BCUT2D eigenvalue weighted by Gasteiger charge is -2.01. The summed E-state index contributed by atoms with van der Waals surface area (Å²) in [6, 6.07) is 1.87. The van der Waals surface area contributed by atoms with E-state index in [0.717, 1.165) is 30.0 Å². The zero-order valence-corrected chi connectivity index (χ0v) is 12.5. The quantitative estimate of drug-likeness (QED) is 0.413. The highest BCUT2D eigenvalue weighted by molar-refractivity contribution is 8.13. The van der Waals surface area contributed by atoms with Crippen LogP contribution in [0.2, 0.25) is 0 Å². The smallest absolute Gasteiger partial charge is 0.159 e. The van der Waals surface area contributed by atoms with Crippen molar-refractivity contribution in [3.63, 3.8) is 0 Å². The molecule has 1 rings (SSSR count). The van der Waals surface area contributed by atoms with E-state index in [1.807, 2.05) is 6.07 Å². The number of amidine groups is 1. The Morgan fingerprint density at radius 2 is 2.11 bits per heavy atom. The fraction of sp³-hybridized carbons (Fsp3) is 0.643. The molecule has 0 aliphatic heterocycles. The number of hydrogen-bond acceptors (Lipinski definition) is 4. The number of unbranched alkanes of at least 4 members (excludes halogenated alkanes) is 4. The molecule has 0 saturated carbocycles. The van der Waals surface area contributed by atoms with E-state index in [2.05, 4.69) is 11.9 Å². The predicted molar refractivity (Wildman–Crippen MR) is 84.0 cm³/mol. The van der Waals surface area contributed by atoms with Crippen molar-refractivity contribution < 1.29 is 4.42 Å². The van der Waals surface area contributed by atoms with Crippen molar-refractivity contribution in [3.8, 4) is 0 Å². The molecule has 0 aliphatic carbocycles. The molecule has 0 spiro atoms. The van der Waals surface area contributed by atoms with Crippen LogP contribution in [0.4, 0.5) is 5.69 Å². The lowest BCUT2D eigenvalue weighted by Crippen LogP contribution is -2.11. The third kappa shape index (κ3) is 6.68. The Labute approximate surface area is 120 Å². The van der Waals surface area contributed by atoms with Gasteiger partial charge in [-0.1, -0.05) is 44.4 Å². The molecule has 0 aliphatic rings. The molecule has 0 radical (unpaired) electrons. The first-order chi connectivity index (χ1) is 9.27. The average molecular weight is 283 g/mol. The molecule has 0 unspecified atom stereocenters. The van der Waals surface area contributed by atoms with Crippen molar-refractivity contribution in [1.29, 1.82) is 0 Å². The van der Waals surface area contributed by atoms with E-state index in [1.165, 1.54) is 37.4 Å². The number of aliphatic imine (C=N–C) groups is 1. The van der Waals surface area contributed by atoms with Gasteiger partial charge in [-0.25, -0.2) is 4.99 Å². The van der Waals surface area contributed by atoms with Crippen molar-refractivity contribution in [2.75, 3.05) is 12.3 Å². The minimum atomic E-state index is 0.555. The fourth-order valence-electron chi connectivity index (χ4n) is 1.82. The number of nitrogens with two attached hydrogens (primary N) is 2. The second-order valence-electron chi connectivity index (χ2n) is 4.48. The van der Waals surface area contributed by atoms with Crippen LogP contribution in [-0.2, 0) is 6.42 Å². The Bertz CT molecular complexity index is 377. The first-order valence-electron chi connectivity index (χ1n) is 7.01. The first kappa shape index (κ1) is 16.1. The second-order valence-corrected chi connectivity index (χ2v) is 5.60. The maximum absolute atomic E-state index is 5.83. The van der Waals surface area contributed by atoms with Crippen LogP contribution in [0, 0.1) is 0 Å². The van der Waals surface area contributed by atoms with Crippen molar-refractivity contribution in [1.82, 2.24) is 0 Å². The maximum atomic E-state index is 5.83. The van der Waals surface area contributed by atoms with Gasteiger partial charge < -0.3 is 15.9 Å². The fourth-order valence-corrected chi connectivity index (χ4v) is 2.31. The number of nitrogens with zero attached hydrogens (tertiary/aromatic N) is 1. The highest BCUT2D eigenvalue weighted by Crippen LogP contribution is 2.23. The molecule has 5 heteroatoms. The van der Waals surface area contributed by atoms with Crippen molar-refractivity contribution in [3.05, 3.63) is 18.1 Å². The summed E-state index contributed by atoms with van der Waals surface area (Å²) in [7, 11) is 0. The molecular weight excluding hydrogens is 258 g/mol. The van der Waals surface area contributed by atoms with E-state index in [4.69, 9.17) is 15.9 Å². The van der Waals surface area contributed by atoms with Crippen LogP contribution in [0.15, 0.2) is 21.7 Å². The normalized spacial score (nSPS) is 12.0. The van der Waals surface area contributed by atoms with Gasteiger partial charge in [0.15, 0.2) is 5.17 Å². The van der Waals surface area contributed by atoms with Gasteiger partial charge in [0.1, 0.15) is 11.4 Å². The summed E-state index contributed by atoms with van der Waals surface area (Å²) in [5, 5.41) is 0.555. The van der Waals surface area contributed by atoms with Gasteiger partial charge in [0.25, 0.3) is 0 Å². The lowest BCUT2D eigenvalue weighted by molar-refractivity contribution is 0.494. The molecule has 19 heavy (non-hydrogen) atoms. The minimum Gasteiger partial charge on any atom is -0.467 e. The molecule has 1 heterocycles. The SMILES string of the molecule is CCCCCCCc1occc1N=C(N)SCCN. The molecule has 1 aromatic rings. The van der Waals surface area contributed by atoms with E-state index in [-0.39, 0.29) is 0 Å². The van der Waals surface area contributed by atoms with Gasteiger partial charge in [0, 0.05) is 24.8 Å². The summed E-state index contributed by atoms with van der Waals surface area (Å²) in [5.41, 5.74) is 12.1. The van der Waals surface area contributed by atoms with E-state index < -0.39 is 0 Å². The summed E-state index contributed by atoms with van der Waals surface area (Å²) < 4.78 is 5.48. The van der Waals surface area contributed by atoms with Crippen LogP contribution in [0.3, 0.4) is 0 Å². The van der Waals surface area contributed by atoms with Crippen molar-refractivity contribution in [2.45, 2.75) is 45.4 Å². The van der Waals surface area contributed by atoms with Crippen LogP contribution in [0.25, 0.3) is 0 Å². The van der Waals surface area contributed by atoms with Gasteiger partial charge in [0.05, 0.1) is 6.26 Å². The van der Waals surface area contributed by atoms with E-state index in [0.29, 0.717) is 11.7 Å².